The van der Waals surface area contributed by atoms with Crippen LogP contribution in [0.5, 0.6) is 0 Å². The topological polar surface area (TPSA) is 84.6 Å². The number of halogens is 2. The van der Waals surface area contributed by atoms with Crippen LogP contribution in [0.2, 0.25) is 5.02 Å². The smallest absolute Gasteiger partial charge is 0.129 e. The summed E-state index contributed by atoms with van der Waals surface area (Å²) in [6.07, 6.45) is 0.364. The highest BCUT2D eigenvalue weighted by Crippen LogP contribution is 2.28. The minimum atomic E-state index is -1.51. The van der Waals surface area contributed by atoms with E-state index in [4.69, 9.17) is 22.0 Å². The molecule has 1 aliphatic heterocycles. The van der Waals surface area contributed by atoms with Crippen molar-refractivity contribution < 1.29 is 14.4 Å². The van der Waals surface area contributed by atoms with Crippen LogP contribution in [0, 0.1) is 11.3 Å². The summed E-state index contributed by atoms with van der Waals surface area (Å²) in [6, 6.07) is 14.3. The van der Waals surface area contributed by atoms with Crippen molar-refractivity contribution in [3.63, 3.8) is 0 Å². The predicted molar refractivity (Wildman–Crippen MR) is 112 cm³/mol. The van der Waals surface area contributed by atoms with Crippen LogP contribution < -0.4 is 0 Å². The van der Waals surface area contributed by atoms with Crippen molar-refractivity contribution in [3.05, 3.63) is 57.5 Å². The first-order valence-electron chi connectivity index (χ1n) is 7.92. The highest BCUT2D eigenvalue weighted by molar-refractivity contribution is 9.10. The summed E-state index contributed by atoms with van der Waals surface area (Å²) >= 11 is 13.4. The molecule has 2 atom stereocenters. The van der Waals surface area contributed by atoms with E-state index in [9.17, 15) is 9.32 Å². The van der Waals surface area contributed by atoms with Gasteiger partial charge in [-0.15, -0.1) is 12.6 Å². The van der Waals surface area contributed by atoms with Crippen molar-refractivity contribution in [2.45, 2.75) is 21.8 Å². The maximum atomic E-state index is 12.3. The van der Waals surface area contributed by atoms with Crippen LogP contribution in [0.25, 0.3) is 0 Å². The number of thiol groups is 1. The van der Waals surface area contributed by atoms with Gasteiger partial charge in [0.1, 0.15) is 16.6 Å². The van der Waals surface area contributed by atoms with Crippen LogP contribution >= 0.6 is 40.2 Å². The monoisotopic (exact) mass is 488 g/mol. The summed E-state index contributed by atoms with van der Waals surface area (Å²) in [5, 5.41) is 28.0. The summed E-state index contributed by atoms with van der Waals surface area (Å²) in [5.74, 6) is 0. The lowest BCUT2D eigenvalue weighted by atomic mass is 10.1. The van der Waals surface area contributed by atoms with Gasteiger partial charge in [0.05, 0.1) is 28.2 Å². The fourth-order valence-corrected chi connectivity index (χ4v) is 4.48. The molecule has 27 heavy (non-hydrogen) atoms. The SMILES string of the molecule is N#Cc1ccc(S(=O)N2CC[C@@](O)(CO)C2)c(Cl)c1.Sc1ccc(Br)cc1. The molecule has 2 N–H and O–H groups in total. The van der Waals surface area contributed by atoms with Crippen LogP contribution in [-0.4, -0.2) is 44.0 Å². The molecule has 0 spiro atoms. The van der Waals surface area contributed by atoms with E-state index in [2.05, 4.69) is 28.6 Å². The fraction of sp³-hybridized carbons (Fsp3) is 0.278. The Balaban J connectivity index is 0.000000273. The molecule has 0 aromatic heterocycles. The fourth-order valence-electron chi connectivity index (χ4n) is 2.38. The molecule has 1 aliphatic rings. The van der Waals surface area contributed by atoms with Gasteiger partial charge in [0.2, 0.25) is 0 Å². The van der Waals surface area contributed by atoms with E-state index in [1.165, 1.54) is 6.07 Å². The second-order valence-electron chi connectivity index (χ2n) is 5.98. The van der Waals surface area contributed by atoms with Gasteiger partial charge >= 0.3 is 0 Å². The summed E-state index contributed by atoms with van der Waals surface area (Å²) < 4.78 is 15.0. The molecule has 5 nitrogen and oxygen atoms in total. The Labute approximate surface area is 179 Å². The molecule has 144 valence electrons. The minimum Gasteiger partial charge on any atom is -0.393 e. The molecule has 1 saturated heterocycles. The van der Waals surface area contributed by atoms with Gasteiger partial charge in [0.25, 0.3) is 0 Å². The summed E-state index contributed by atoms with van der Waals surface area (Å²) in [6.45, 7) is 0.189. The molecular weight excluding hydrogens is 472 g/mol. The standard InChI is InChI=1S/C12H13ClN2O3S.C6H5BrS/c13-10-5-9(6-14)1-2-11(10)19(18)15-4-3-12(17,7-15)8-16;7-5-1-3-6(8)4-2-5/h1-2,5,16-17H,3-4,7-8H2;1-4,8H/t12-,19?;/m0./s1. The van der Waals surface area contributed by atoms with Crippen molar-refractivity contribution in [1.29, 1.82) is 5.26 Å². The molecule has 0 saturated carbocycles. The number of rotatable bonds is 3. The number of benzene rings is 2. The lowest BCUT2D eigenvalue weighted by Gasteiger charge is -2.20. The first-order valence-corrected chi connectivity index (χ1v) is 10.6. The zero-order chi connectivity index (χ0) is 20.0. The summed E-state index contributed by atoms with van der Waals surface area (Å²) in [4.78, 5) is 1.40. The number of hydrogen-bond acceptors (Lipinski definition) is 5. The van der Waals surface area contributed by atoms with Gasteiger partial charge < -0.3 is 10.2 Å². The maximum Gasteiger partial charge on any atom is 0.129 e. The molecule has 1 unspecified atom stereocenters. The van der Waals surface area contributed by atoms with E-state index >= 15 is 0 Å². The lowest BCUT2D eigenvalue weighted by Crippen LogP contribution is -2.37. The Hall–Kier alpha value is -0.920. The largest absolute Gasteiger partial charge is 0.393 e. The Bertz CT molecular complexity index is 840. The molecule has 3 rings (SSSR count). The van der Waals surface area contributed by atoms with Crippen LogP contribution in [0.15, 0.2) is 56.7 Å². The zero-order valence-electron chi connectivity index (χ0n) is 14.2. The van der Waals surface area contributed by atoms with E-state index in [1.807, 2.05) is 30.3 Å². The minimum absolute atomic E-state index is 0.131. The van der Waals surface area contributed by atoms with Gasteiger partial charge in [-0.3, -0.25) is 0 Å². The van der Waals surface area contributed by atoms with E-state index in [-0.39, 0.29) is 18.2 Å². The molecule has 9 heteroatoms. The quantitative estimate of drug-likeness (QED) is 0.577. The molecular formula is C18H18BrClN2O3S2. The van der Waals surface area contributed by atoms with Crippen molar-refractivity contribution in [3.8, 4) is 6.07 Å². The van der Waals surface area contributed by atoms with Gasteiger partial charge in [-0.25, -0.2) is 8.51 Å². The van der Waals surface area contributed by atoms with E-state index in [0.29, 0.717) is 23.4 Å². The molecule has 0 aliphatic carbocycles. The normalized spacial score (nSPS) is 20.4. The molecule has 1 heterocycles. The highest BCUT2D eigenvalue weighted by atomic mass is 79.9. The third-order valence-corrected chi connectivity index (χ3v) is 6.67. The molecule has 1 fully saturated rings. The Morgan fingerprint density at radius 2 is 2.00 bits per heavy atom. The van der Waals surface area contributed by atoms with Crippen LogP contribution in [0.4, 0.5) is 0 Å². The lowest BCUT2D eigenvalue weighted by molar-refractivity contribution is -0.000502. The van der Waals surface area contributed by atoms with Gasteiger partial charge in [-0.05, 0) is 48.9 Å². The summed E-state index contributed by atoms with van der Waals surface area (Å²) in [5.41, 5.74) is -0.798. The second kappa shape index (κ2) is 10.0. The first-order chi connectivity index (χ1) is 12.8. The van der Waals surface area contributed by atoms with Crippen molar-refractivity contribution in [1.82, 2.24) is 4.31 Å². The zero-order valence-corrected chi connectivity index (χ0v) is 18.2. The third-order valence-electron chi connectivity index (χ3n) is 3.90. The molecule has 2 aromatic rings. The van der Waals surface area contributed by atoms with Gasteiger partial charge in [0.15, 0.2) is 0 Å². The number of aliphatic hydroxyl groups is 2. The van der Waals surface area contributed by atoms with E-state index in [0.717, 1.165) is 9.37 Å². The highest BCUT2D eigenvalue weighted by Gasteiger charge is 2.38. The maximum absolute atomic E-state index is 12.3. The molecule has 0 amide bonds. The molecule has 0 radical (unpaired) electrons. The Morgan fingerprint density at radius 3 is 2.48 bits per heavy atom. The van der Waals surface area contributed by atoms with Gasteiger partial charge in [0, 0.05) is 22.5 Å². The second-order valence-corrected chi connectivity index (χ2v) is 9.27. The number of β-amino-alcohol motifs (C(OH)–C–C–N with tert-alkyl or cyclic N) is 1. The average molecular weight is 490 g/mol. The Kier molecular flexibility index (Phi) is 8.31. The number of hydrogen-bond donors (Lipinski definition) is 3. The number of nitrogens with zero attached hydrogens (tertiary/aromatic N) is 2. The van der Waals surface area contributed by atoms with Crippen molar-refractivity contribution >= 4 is 51.1 Å². The number of aliphatic hydroxyl groups excluding tert-OH is 1. The third kappa shape index (κ3) is 6.29. The van der Waals surface area contributed by atoms with Crippen molar-refractivity contribution in [2.75, 3.05) is 19.7 Å². The van der Waals surface area contributed by atoms with E-state index in [1.54, 1.807) is 16.4 Å². The molecule has 0 bridgehead atoms. The van der Waals surface area contributed by atoms with E-state index < -0.39 is 16.6 Å². The van der Waals surface area contributed by atoms with Gasteiger partial charge in [-0.2, -0.15) is 5.26 Å². The molecule has 2 aromatic carbocycles. The Morgan fingerprint density at radius 1 is 1.33 bits per heavy atom. The van der Waals surface area contributed by atoms with Crippen LogP contribution in [0.1, 0.15) is 12.0 Å². The van der Waals surface area contributed by atoms with Crippen LogP contribution in [0.3, 0.4) is 0 Å². The average Bonchev–Trinajstić information content (AvgIpc) is 3.07. The predicted octanol–water partition coefficient (Wildman–Crippen LogP) is 3.40. The van der Waals surface area contributed by atoms with Crippen molar-refractivity contribution in [2.24, 2.45) is 0 Å². The summed E-state index contributed by atoms with van der Waals surface area (Å²) in [7, 11) is -1.51. The first kappa shape index (κ1) is 22.4. The van der Waals surface area contributed by atoms with Crippen LogP contribution in [-0.2, 0) is 11.0 Å². The van der Waals surface area contributed by atoms with Gasteiger partial charge in [-0.1, -0.05) is 27.5 Å². The number of nitriles is 1.